The van der Waals surface area contributed by atoms with Gasteiger partial charge in [-0.2, -0.15) is 0 Å². The van der Waals surface area contributed by atoms with Gasteiger partial charge in [0.15, 0.2) is 0 Å². The van der Waals surface area contributed by atoms with E-state index >= 15 is 0 Å². The molecule has 0 amide bonds. The summed E-state index contributed by atoms with van der Waals surface area (Å²) in [7, 11) is 0. The summed E-state index contributed by atoms with van der Waals surface area (Å²) >= 11 is 0. The van der Waals surface area contributed by atoms with Crippen LogP contribution in [0.3, 0.4) is 0 Å². The smallest absolute Gasteiger partial charge is 0.133 e. The minimum Gasteiger partial charge on any atom is -0.356 e. The summed E-state index contributed by atoms with van der Waals surface area (Å²) in [5, 5.41) is 1.18. The Balaban J connectivity index is 2.03. The molecular formula is C16H21N3. The molecule has 1 aromatic carbocycles. The van der Waals surface area contributed by atoms with E-state index in [1.807, 2.05) is 12.1 Å². The van der Waals surface area contributed by atoms with E-state index < -0.39 is 0 Å². The van der Waals surface area contributed by atoms with Crippen molar-refractivity contribution in [2.45, 2.75) is 26.3 Å². The van der Waals surface area contributed by atoms with E-state index in [4.69, 9.17) is 10.7 Å². The molecule has 1 aliphatic rings. The number of fused-ring (bicyclic) bond motifs is 1. The van der Waals surface area contributed by atoms with E-state index in [0.29, 0.717) is 6.54 Å². The van der Waals surface area contributed by atoms with Gasteiger partial charge in [0.1, 0.15) is 5.82 Å². The summed E-state index contributed by atoms with van der Waals surface area (Å²) in [4.78, 5) is 7.23. The zero-order valence-electron chi connectivity index (χ0n) is 11.5. The number of nitrogens with two attached hydrogens (primary N) is 1. The summed E-state index contributed by atoms with van der Waals surface area (Å²) in [5.41, 5.74) is 8.13. The van der Waals surface area contributed by atoms with Crippen molar-refractivity contribution in [1.29, 1.82) is 0 Å². The van der Waals surface area contributed by atoms with Gasteiger partial charge < -0.3 is 10.6 Å². The highest BCUT2D eigenvalue weighted by molar-refractivity contribution is 5.81. The fourth-order valence-corrected chi connectivity index (χ4v) is 2.55. The highest BCUT2D eigenvalue weighted by atomic mass is 15.2. The first-order valence-corrected chi connectivity index (χ1v) is 7.15. The molecule has 0 unspecified atom stereocenters. The van der Waals surface area contributed by atoms with Gasteiger partial charge in [0.25, 0.3) is 0 Å². The zero-order valence-corrected chi connectivity index (χ0v) is 11.5. The number of pyridine rings is 1. The van der Waals surface area contributed by atoms with E-state index in [2.05, 4.69) is 30.0 Å². The van der Waals surface area contributed by atoms with E-state index in [9.17, 15) is 0 Å². The van der Waals surface area contributed by atoms with Crippen molar-refractivity contribution in [3.8, 4) is 0 Å². The molecule has 1 saturated carbocycles. The second-order valence-corrected chi connectivity index (χ2v) is 5.35. The van der Waals surface area contributed by atoms with Crippen LogP contribution in [0, 0.1) is 5.92 Å². The van der Waals surface area contributed by atoms with Gasteiger partial charge in [0, 0.05) is 30.6 Å². The van der Waals surface area contributed by atoms with Gasteiger partial charge in [-0.25, -0.2) is 4.98 Å². The summed E-state index contributed by atoms with van der Waals surface area (Å²) in [6.07, 6.45) is 2.73. The second-order valence-electron chi connectivity index (χ2n) is 5.35. The SMILES string of the molecule is CCN(CC1CC1)c1nc2ccccc2cc1CN. The molecule has 0 aliphatic heterocycles. The highest BCUT2D eigenvalue weighted by Gasteiger charge is 2.25. The Morgan fingerprint density at radius 2 is 2.11 bits per heavy atom. The van der Waals surface area contributed by atoms with Crippen LogP contribution in [0.5, 0.6) is 0 Å². The molecule has 100 valence electrons. The Morgan fingerprint density at radius 3 is 2.79 bits per heavy atom. The number of rotatable bonds is 5. The molecule has 0 bridgehead atoms. The quantitative estimate of drug-likeness (QED) is 0.893. The summed E-state index contributed by atoms with van der Waals surface area (Å²) < 4.78 is 0. The largest absolute Gasteiger partial charge is 0.356 e. The molecule has 2 N–H and O–H groups in total. The lowest BCUT2D eigenvalue weighted by Crippen LogP contribution is -2.27. The maximum atomic E-state index is 5.91. The van der Waals surface area contributed by atoms with Crippen LogP contribution in [0.2, 0.25) is 0 Å². The van der Waals surface area contributed by atoms with Gasteiger partial charge in [0.2, 0.25) is 0 Å². The summed E-state index contributed by atoms with van der Waals surface area (Å²) in [6.45, 7) is 4.86. The van der Waals surface area contributed by atoms with Crippen LogP contribution >= 0.6 is 0 Å². The number of nitrogens with zero attached hydrogens (tertiary/aromatic N) is 2. The monoisotopic (exact) mass is 255 g/mol. The van der Waals surface area contributed by atoms with Crippen LogP contribution < -0.4 is 10.6 Å². The molecule has 0 saturated heterocycles. The molecule has 3 nitrogen and oxygen atoms in total. The van der Waals surface area contributed by atoms with Gasteiger partial charge in [-0.15, -0.1) is 0 Å². The van der Waals surface area contributed by atoms with Crippen molar-refractivity contribution >= 4 is 16.7 Å². The molecule has 19 heavy (non-hydrogen) atoms. The fraction of sp³-hybridized carbons (Fsp3) is 0.438. The predicted molar refractivity (Wildman–Crippen MR) is 80.2 cm³/mol. The Labute approximate surface area is 114 Å². The fourth-order valence-electron chi connectivity index (χ4n) is 2.55. The highest BCUT2D eigenvalue weighted by Crippen LogP contribution is 2.32. The lowest BCUT2D eigenvalue weighted by atomic mass is 10.1. The van der Waals surface area contributed by atoms with E-state index in [-0.39, 0.29) is 0 Å². The lowest BCUT2D eigenvalue weighted by molar-refractivity contribution is 0.728. The van der Waals surface area contributed by atoms with Gasteiger partial charge in [-0.1, -0.05) is 18.2 Å². The van der Waals surface area contributed by atoms with Crippen molar-refractivity contribution < 1.29 is 0 Å². The van der Waals surface area contributed by atoms with E-state index in [1.54, 1.807) is 0 Å². The van der Waals surface area contributed by atoms with Gasteiger partial charge in [-0.05, 0) is 37.8 Å². The Morgan fingerprint density at radius 1 is 1.32 bits per heavy atom. The molecule has 1 aromatic heterocycles. The summed E-state index contributed by atoms with van der Waals surface area (Å²) in [6, 6.07) is 10.4. The van der Waals surface area contributed by atoms with Crippen LogP contribution in [0.4, 0.5) is 5.82 Å². The van der Waals surface area contributed by atoms with Gasteiger partial charge >= 0.3 is 0 Å². The maximum Gasteiger partial charge on any atom is 0.133 e. The second kappa shape index (κ2) is 5.17. The number of benzene rings is 1. The molecule has 1 aliphatic carbocycles. The first kappa shape index (κ1) is 12.4. The van der Waals surface area contributed by atoms with Crippen LogP contribution in [0.1, 0.15) is 25.3 Å². The molecule has 0 atom stereocenters. The number of hydrogen-bond donors (Lipinski definition) is 1. The first-order valence-electron chi connectivity index (χ1n) is 7.15. The molecule has 1 heterocycles. The minimum absolute atomic E-state index is 0.550. The molecule has 3 rings (SSSR count). The molecule has 0 radical (unpaired) electrons. The lowest BCUT2D eigenvalue weighted by Gasteiger charge is -2.24. The third kappa shape index (κ3) is 2.56. The van der Waals surface area contributed by atoms with Crippen LogP contribution in [-0.2, 0) is 6.54 Å². The molecule has 2 aromatic rings. The number of anilines is 1. The Kier molecular flexibility index (Phi) is 3.38. The first-order chi connectivity index (χ1) is 9.31. The van der Waals surface area contributed by atoms with Crippen molar-refractivity contribution in [3.05, 3.63) is 35.9 Å². The normalized spacial score (nSPS) is 14.8. The average molecular weight is 255 g/mol. The number of aromatic nitrogens is 1. The van der Waals surface area contributed by atoms with Crippen molar-refractivity contribution in [3.63, 3.8) is 0 Å². The molecule has 3 heteroatoms. The topological polar surface area (TPSA) is 42.2 Å². The maximum absolute atomic E-state index is 5.91. The average Bonchev–Trinajstić information content (AvgIpc) is 3.27. The Hall–Kier alpha value is -1.61. The van der Waals surface area contributed by atoms with Crippen LogP contribution in [-0.4, -0.2) is 18.1 Å². The number of hydrogen-bond acceptors (Lipinski definition) is 3. The molecule has 1 fully saturated rings. The van der Waals surface area contributed by atoms with Crippen molar-refractivity contribution in [1.82, 2.24) is 4.98 Å². The van der Waals surface area contributed by atoms with Gasteiger partial charge in [0.05, 0.1) is 5.52 Å². The zero-order chi connectivity index (χ0) is 13.2. The predicted octanol–water partition coefficient (Wildman–Crippen LogP) is 2.93. The van der Waals surface area contributed by atoms with Crippen molar-refractivity contribution in [2.75, 3.05) is 18.0 Å². The third-order valence-corrected chi connectivity index (χ3v) is 3.86. The summed E-state index contributed by atoms with van der Waals surface area (Å²) in [5.74, 6) is 1.94. The number of para-hydroxylation sites is 1. The molecular weight excluding hydrogens is 234 g/mol. The minimum atomic E-state index is 0.550. The van der Waals surface area contributed by atoms with E-state index in [1.165, 1.54) is 18.2 Å². The third-order valence-electron chi connectivity index (χ3n) is 3.86. The Bertz CT molecular complexity index is 575. The van der Waals surface area contributed by atoms with Gasteiger partial charge in [-0.3, -0.25) is 0 Å². The van der Waals surface area contributed by atoms with Crippen LogP contribution in [0.15, 0.2) is 30.3 Å². The standard InChI is InChI=1S/C16H21N3/c1-2-19(11-12-7-8-12)16-14(10-17)9-13-5-3-4-6-15(13)18-16/h3-6,9,12H,2,7-8,10-11,17H2,1H3. The van der Waals surface area contributed by atoms with Crippen LogP contribution in [0.25, 0.3) is 10.9 Å². The van der Waals surface area contributed by atoms with E-state index in [0.717, 1.165) is 35.9 Å². The molecule has 0 spiro atoms. The van der Waals surface area contributed by atoms with Crippen molar-refractivity contribution in [2.24, 2.45) is 11.7 Å².